The van der Waals surface area contributed by atoms with Crippen LogP contribution in [0.4, 0.5) is 8.78 Å². The first-order chi connectivity index (χ1) is 19.7. The minimum Gasteiger partial charge on any atom is -0.390 e. The molecule has 0 unspecified atom stereocenters. The SMILES string of the molecule is C=Nn1cc([C@@H](NC(=O)c2ccnn2C(C)C)C2CCC(F)(F)CC2)nc1/C=C(\C)[C@@H](NC(=O)CC(C)(C)O)C1CC1. The number of nitrogens with one attached hydrogen (secondary N) is 2. The third kappa shape index (κ3) is 7.90. The van der Waals surface area contributed by atoms with Crippen molar-refractivity contribution in [3.05, 3.63) is 41.2 Å². The molecule has 2 aliphatic carbocycles. The van der Waals surface area contributed by atoms with Crippen LogP contribution in [0.1, 0.15) is 114 Å². The van der Waals surface area contributed by atoms with Crippen molar-refractivity contribution < 1.29 is 23.5 Å². The molecule has 42 heavy (non-hydrogen) atoms. The van der Waals surface area contributed by atoms with Gasteiger partial charge < -0.3 is 15.7 Å². The summed E-state index contributed by atoms with van der Waals surface area (Å²) in [6.45, 7) is 12.6. The molecular formula is C30H43F2N7O3. The van der Waals surface area contributed by atoms with Gasteiger partial charge in [-0.05, 0) is 89.9 Å². The second kappa shape index (κ2) is 12.4. The summed E-state index contributed by atoms with van der Waals surface area (Å²) >= 11 is 0. The van der Waals surface area contributed by atoms with Gasteiger partial charge in [0.05, 0.1) is 36.0 Å². The number of aliphatic hydroxyl groups is 1. The molecule has 2 aliphatic rings. The number of carbonyl (C=O) groups excluding carboxylic acids is 2. The maximum atomic E-state index is 14.1. The highest BCUT2D eigenvalue weighted by Gasteiger charge is 2.40. The minimum absolute atomic E-state index is 0.0198. The predicted octanol–water partition coefficient (Wildman–Crippen LogP) is 4.88. The molecule has 0 aliphatic heterocycles. The highest BCUT2D eigenvalue weighted by atomic mass is 19.3. The first kappa shape index (κ1) is 31.5. The zero-order valence-electron chi connectivity index (χ0n) is 25.1. The number of carbonyl (C=O) groups is 2. The summed E-state index contributed by atoms with van der Waals surface area (Å²) in [5.74, 6) is -2.84. The Bertz CT molecular complexity index is 1310. The monoisotopic (exact) mass is 587 g/mol. The van der Waals surface area contributed by atoms with E-state index in [0.717, 1.165) is 18.4 Å². The fourth-order valence-electron chi connectivity index (χ4n) is 5.66. The Morgan fingerprint density at radius 1 is 1.21 bits per heavy atom. The van der Waals surface area contributed by atoms with Crippen LogP contribution in [0.2, 0.25) is 0 Å². The number of hydrogen-bond acceptors (Lipinski definition) is 6. The quantitative estimate of drug-likeness (QED) is 0.305. The maximum Gasteiger partial charge on any atom is 0.270 e. The summed E-state index contributed by atoms with van der Waals surface area (Å²) in [7, 11) is 0. The van der Waals surface area contributed by atoms with E-state index in [2.05, 4.69) is 27.6 Å². The normalized spacial score (nSPS) is 19.4. The van der Waals surface area contributed by atoms with E-state index in [1.165, 1.54) is 4.68 Å². The molecule has 3 N–H and O–H groups in total. The van der Waals surface area contributed by atoms with Crippen LogP contribution < -0.4 is 10.6 Å². The Morgan fingerprint density at radius 2 is 1.88 bits per heavy atom. The largest absolute Gasteiger partial charge is 0.390 e. The summed E-state index contributed by atoms with van der Waals surface area (Å²) in [6.07, 6.45) is 6.94. The topological polar surface area (TPSA) is 126 Å². The van der Waals surface area contributed by atoms with Gasteiger partial charge in [0.15, 0.2) is 5.82 Å². The lowest BCUT2D eigenvalue weighted by atomic mass is 9.81. The van der Waals surface area contributed by atoms with Gasteiger partial charge in [0, 0.05) is 31.8 Å². The van der Waals surface area contributed by atoms with E-state index >= 15 is 0 Å². The first-order valence-electron chi connectivity index (χ1n) is 14.7. The molecule has 2 atom stereocenters. The number of amides is 2. The zero-order chi connectivity index (χ0) is 30.8. The summed E-state index contributed by atoms with van der Waals surface area (Å²) in [5.41, 5.74) is 0.614. The molecule has 0 spiro atoms. The molecule has 4 rings (SSSR count). The molecule has 12 heteroatoms. The molecule has 0 radical (unpaired) electrons. The van der Waals surface area contributed by atoms with Gasteiger partial charge in [0.2, 0.25) is 11.8 Å². The number of halogens is 2. The number of nitrogens with zero attached hydrogens (tertiary/aromatic N) is 5. The Labute approximate surface area is 245 Å². The highest BCUT2D eigenvalue weighted by molar-refractivity contribution is 5.92. The lowest BCUT2D eigenvalue weighted by molar-refractivity contribution is -0.125. The summed E-state index contributed by atoms with van der Waals surface area (Å²) in [4.78, 5) is 30.9. The van der Waals surface area contributed by atoms with Crippen LogP contribution in [-0.2, 0) is 4.79 Å². The Kier molecular flexibility index (Phi) is 9.34. The summed E-state index contributed by atoms with van der Waals surface area (Å²) in [5, 5.41) is 24.5. The van der Waals surface area contributed by atoms with E-state index in [-0.39, 0.29) is 67.8 Å². The molecule has 230 valence electrons. The minimum atomic E-state index is -2.72. The fraction of sp³-hybridized carbons (Fsp3) is 0.633. The van der Waals surface area contributed by atoms with Crippen LogP contribution >= 0.6 is 0 Å². The molecule has 0 saturated heterocycles. The number of imidazole rings is 1. The van der Waals surface area contributed by atoms with Gasteiger partial charge in [-0.3, -0.25) is 14.3 Å². The van der Waals surface area contributed by atoms with E-state index in [9.17, 15) is 23.5 Å². The van der Waals surface area contributed by atoms with Crippen LogP contribution in [-0.4, -0.2) is 60.6 Å². The number of alkyl halides is 2. The molecule has 2 amide bonds. The summed E-state index contributed by atoms with van der Waals surface area (Å²) < 4.78 is 31.3. The van der Waals surface area contributed by atoms with Crippen LogP contribution in [0.5, 0.6) is 0 Å². The van der Waals surface area contributed by atoms with Crippen molar-refractivity contribution in [3.63, 3.8) is 0 Å². The molecule has 0 aromatic carbocycles. The number of hydrogen-bond donors (Lipinski definition) is 3. The van der Waals surface area contributed by atoms with Gasteiger partial charge in [0.1, 0.15) is 5.69 Å². The van der Waals surface area contributed by atoms with Crippen molar-refractivity contribution in [2.75, 3.05) is 0 Å². The molecule has 2 aromatic rings. The van der Waals surface area contributed by atoms with E-state index < -0.39 is 17.6 Å². The molecule has 10 nitrogen and oxygen atoms in total. The van der Waals surface area contributed by atoms with Gasteiger partial charge in [-0.15, -0.1) is 0 Å². The van der Waals surface area contributed by atoms with Crippen LogP contribution in [0.3, 0.4) is 0 Å². The zero-order valence-corrected chi connectivity index (χ0v) is 25.1. The Morgan fingerprint density at radius 3 is 2.45 bits per heavy atom. The van der Waals surface area contributed by atoms with Crippen molar-refractivity contribution in [1.82, 2.24) is 30.1 Å². The van der Waals surface area contributed by atoms with Crippen LogP contribution in [0, 0.1) is 11.8 Å². The number of rotatable bonds is 12. The van der Waals surface area contributed by atoms with Gasteiger partial charge in [-0.1, -0.05) is 0 Å². The van der Waals surface area contributed by atoms with E-state index in [1.54, 1.807) is 37.0 Å². The lowest BCUT2D eigenvalue weighted by Crippen LogP contribution is -2.40. The van der Waals surface area contributed by atoms with Gasteiger partial charge >= 0.3 is 0 Å². The molecule has 2 aromatic heterocycles. The van der Waals surface area contributed by atoms with Crippen LogP contribution in [0.25, 0.3) is 6.08 Å². The molecule has 2 saturated carbocycles. The van der Waals surface area contributed by atoms with Gasteiger partial charge in [0.25, 0.3) is 5.91 Å². The fourth-order valence-corrected chi connectivity index (χ4v) is 5.66. The lowest BCUT2D eigenvalue weighted by Gasteiger charge is -2.33. The molecule has 0 bridgehead atoms. The van der Waals surface area contributed by atoms with E-state index in [4.69, 9.17) is 4.98 Å². The van der Waals surface area contributed by atoms with Crippen molar-refractivity contribution >= 4 is 24.6 Å². The van der Waals surface area contributed by atoms with Crippen molar-refractivity contribution in [3.8, 4) is 0 Å². The standard InChI is InChI=1S/C30H43F2N7O3/c1-18(2)39-23(11-14-34-39)28(41)37-27(21-9-12-30(31,32)13-10-21)22-17-38(33-6)24(35-22)15-19(3)26(20-7-8-20)36-25(40)16-29(4,5)42/h11,14-15,17-18,20-21,26-27,42H,6-10,12-13,16H2,1-5H3,(H,36,40)(H,37,41)/b19-15+/t26-,27+/m1/s1. The van der Waals surface area contributed by atoms with Crippen molar-refractivity contribution in [1.29, 1.82) is 0 Å². The maximum absolute atomic E-state index is 14.1. The van der Waals surface area contributed by atoms with Gasteiger partial charge in [-0.2, -0.15) is 10.2 Å². The third-order valence-electron chi connectivity index (χ3n) is 7.97. The predicted molar refractivity (Wildman–Crippen MR) is 156 cm³/mol. The summed E-state index contributed by atoms with van der Waals surface area (Å²) in [6, 6.07) is 0.725. The second-order valence-corrected chi connectivity index (χ2v) is 12.7. The van der Waals surface area contributed by atoms with Gasteiger partial charge in [-0.25, -0.2) is 18.4 Å². The average Bonchev–Trinajstić information content (AvgIpc) is 3.45. The molecule has 2 fully saturated rings. The van der Waals surface area contributed by atoms with E-state index in [0.29, 0.717) is 17.2 Å². The molecule has 2 heterocycles. The Hall–Kier alpha value is -3.41. The van der Waals surface area contributed by atoms with Crippen LogP contribution in [0.15, 0.2) is 29.1 Å². The Balaban J connectivity index is 1.63. The average molecular weight is 588 g/mol. The third-order valence-corrected chi connectivity index (χ3v) is 7.97. The first-order valence-corrected chi connectivity index (χ1v) is 14.7. The van der Waals surface area contributed by atoms with E-state index in [1.807, 2.05) is 26.8 Å². The second-order valence-electron chi connectivity index (χ2n) is 12.7. The van der Waals surface area contributed by atoms with Crippen molar-refractivity contribution in [2.24, 2.45) is 16.9 Å². The highest BCUT2D eigenvalue weighted by Crippen LogP contribution is 2.42. The molecular weight excluding hydrogens is 544 g/mol. The van der Waals surface area contributed by atoms with Crippen molar-refractivity contribution in [2.45, 2.75) is 109 Å². The smallest absolute Gasteiger partial charge is 0.270 e. The number of aromatic nitrogens is 4.